The van der Waals surface area contributed by atoms with Gasteiger partial charge in [0.2, 0.25) is 0 Å². The first kappa shape index (κ1) is 9.61. The number of methoxy groups -OCH3 is 1. The highest BCUT2D eigenvalue weighted by atomic mass is 32.1. The monoisotopic (exact) mass is 213 g/mol. The highest BCUT2D eigenvalue weighted by molar-refractivity contribution is 7.09. The van der Waals surface area contributed by atoms with Crippen molar-refractivity contribution in [3.05, 3.63) is 16.1 Å². The van der Waals surface area contributed by atoms with E-state index in [0.717, 1.165) is 5.01 Å². The highest BCUT2D eigenvalue weighted by Gasteiger charge is 2.53. The molecule has 0 bridgehead atoms. The third kappa shape index (κ3) is 1.42. The molecule has 0 aliphatic heterocycles. The predicted molar refractivity (Wildman–Crippen MR) is 51.4 cm³/mol. The fourth-order valence-corrected chi connectivity index (χ4v) is 2.29. The number of hydrogen-bond acceptors (Lipinski definition) is 4. The van der Waals surface area contributed by atoms with E-state index >= 15 is 0 Å². The van der Waals surface area contributed by atoms with Crippen molar-refractivity contribution in [3.63, 3.8) is 0 Å². The zero-order chi connectivity index (χ0) is 10.2. The summed E-state index contributed by atoms with van der Waals surface area (Å²) in [6, 6.07) is 0. The van der Waals surface area contributed by atoms with Gasteiger partial charge in [0.25, 0.3) is 0 Å². The third-order valence-electron chi connectivity index (χ3n) is 2.47. The molecule has 1 heterocycles. The van der Waals surface area contributed by atoms with Gasteiger partial charge in [-0.25, -0.2) is 4.98 Å². The third-order valence-corrected chi connectivity index (χ3v) is 3.29. The minimum Gasteiger partial charge on any atom is -0.481 e. The van der Waals surface area contributed by atoms with E-state index in [9.17, 15) is 4.79 Å². The predicted octanol–water partition coefficient (Wildman–Crippen LogP) is 1.41. The summed E-state index contributed by atoms with van der Waals surface area (Å²) < 4.78 is 4.94. The maximum absolute atomic E-state index is 11.0. The molecule has 5 heteroatoms. The van der Waals surface area contributed by atoms with Crippen molar-refractivity contribution in [2.45, 2.75) is 24.9 Å². The van der Waals surface area contributed by atoms with Crippen molar-refractivity contribution in [2.75, 3.05) is 7.11 Å². The Morgan fingerprint density at radius 2 is 2.50 bits per heavy atom. The molecule has 0 saturated heterocycles. The van der Waals surface area contributed by atoms with Crippen LogP contribution < -0.4 is 0 Å². The first-order valence-corrected chi connectivity index (χ1v) is 5.24. The fourth-order valence-electron chi connectivity index (χ4n) is 1.43. The minimum absolute atomic E-state index is 0.459. The number of nitrogens with zero attached hydrogens (tertiary/aromatic N) is 1. The first-order valence-electron chi connectivity index (χ1n) is 4.36. The van der Waals surface area contributed by atoms with Gasteiger partial charge in [-0.15, -0.1) is 11.3 Å². The van der Waals surface area contributed by atoms with E-state index < -0.39 is 11.4 Å². The molecule has 1 saturated carbocycles. The summed E-state index contributed by atoms with van der Waals surface area (Å²) in [5, 5.41) is 11.7. The van der Waals surface area contributed by atoms with Gasteiger partial charge in [0.15, 0.2) is 0 Å². The number of aliphatic carboxylic acids is 1. The first-order chi connectivity index (χ1) is 6.69. The molecule has 2 rings (SSSR count). The molecule has 76 valence electrons. The van der Waals surface area contributed by atoms with Gasteiger partial charge in [-0.05, 0) is 12.8 Å². The maximum Gasteiger partial charge on any atom is 0.315 e. The number of thiazole rings is 1. The summed E-state index contributed by atoms with van der Waals surface area (Å²) in [5.74, 6) is -0.758. The van der Waals surface area contributed by atoms with Gasteiger partial charge in [0, 0.05) is 12.5 Å². The Bertz CT molecular complexity index is 357. The molecule has 1 aromatic rings. The maximum atomic E-state index is 11.0. The summed E-state index contributed by atoms with van der Waals surface area (Å²) in [6.07, 6.45) is 1.41. The molecular weight excluding hydrogens is 202 g/mol. The quantitative estimate of drug-likeness (QED) is 0.821. The largest absolute Gasteiger partial charge is 0.481 e. The molecule has 0 radical (unpaired) electrons. The number of carboxylic acid groups (broad SMARTS) is 1. The van der Waals surface area contributed by atoms with Crippen LogP contribution in [0.5, 0.6) is 0 Å². The van der Waals surface area contributed by atoms with Crippen molar-refractivity contribution in [3.8, 4) is 0 Å². The van der Waals surface area contributed by atoms with Crippen LogP contribution in [-0.2, 0) is 21.6 Å². The number of carbonyl (C=O) groups is 1. The van der Waals surface area contributed by atoms with E-state index in [1.807, 2.05) is 5.38 Å². The van der Waals surface area contributed by atoms with Crippen LogP contribution >= 0.6 is 11.3 Å². The van der Waals surface area contributed by atoms with Crippen molar-refractivity contribution < 1.29 is 14.6 Å². The van der Waals surface area contributed by atoms with Gasteiger partial charge in [-0.2, -0.15) is 0 Å². The lowest BCUT2D eigenvalue weighted by Gasteiger charge is -2.04. The lowest BCUT2D eigenvalue weighted by atomic mass is 10.1. The van der Waals surface area contributed by atoms with E-state index in [4.69, 9.17) is 9.84 Å². The molecule has 1 aliphatic rings. The van der Waals surface area contributed by atoms with Crippen LogP contribution in [-0.4, -0.2) is 23.2 Å². The van der Waals surface area contributed by atoms with Crippen molar-refractivity contribution in [1.82, 2.24) is 4.98 Å². The summed E-state index contributed by atoms with van der Waals surface area (Å²) in [5.41, 5.74) is 0.0183. The Morgan fingerprint density at radius 1 is 1.79 bits per heavy atom. The molecule has 1 N–H and O–H groups in total. The smallest absolute Gasteiger partial charge is 0.315 e. The van der Waals surface area contributed by atoms with E-state index in [-0.39, 0.29) is 0 Å². The van der Waals surface area contributed by atoms with E-state index in [0.29, 0.717) is 25.1 Å². The molecule has 0 atom stereocenters. The molecular formula is C9H11NO3S. The molecule has 14 heavy (non-hydrogen) atoms. The van der Waals surface area contributed by atoms with Crippen LogP contribution in [0.2, 0.25) is 0 Å². The van der Waals surface area contributed by atoms with Crippen LogP contribution in [0.3, 0.4) is 0 Å². The fraction of sp³-hybridized carbons (Fsp3) is 0.556. The number of hydrogen-bond donors (Lipinski definition) is 1. The second-order valence-electron chi connectivity index (χ2n) is 3.45. The number of carboxylic acids is 1. The second kappa shape index (κ2) is 3.33. The summed E-state index contributed by atoms with van der Waals surface area (Å²) in [7, 11) is 1.60. The van der Waals surface area contributed by atoms with Crippen LogP contribution in [0.25, 0.3) is 0 Å². The Morgan fingerprint density at radius 3 is 3.00 bits per heavy atom. The van der Waals surface area contributed by atoms with Gasteiger partial charge >= 0.3 is 5.97 Å². The molecule has 0 unspecified atom stereocenters. The Labute approximate surface area is 85.5 Å². The lowest BCUT2D eigenvalue weighted by Crippen LogP contribution is -2.19. The van der Waals surface area contributed by atoms with E-state index in [1.165, 1.54) is 11.3 Å². The van der Waals surface area contributed by atoms with Crippen molar-refractivity contribution in [1.29, 1.82) is 0 Å². The van der Waals surface area contributed by atoms with Crippen LogP contribution in [0.4, 0.5) is 0 Å². The van der Waals surface area contributed by atoms with Gasteiger partial charge < -0.3 is 9.84 Å². The number of aromatic nitrogens is 1. The zero-order valence-corrected chi connectivity index (χ0v) is 8.63. The molecule has 0 aromatic carbocycles. The number of rotatable bonds is 4. The highest BCUT2D eigenvalue weighted by Crippen LogP contribution is 2.48. The van der Waals surface area contributed by atoms with Crippen LogP contribution in [0.15, 0.2) is 5.38 Å². The van der Waals surface area contributed by atoms with E-state index in [2.05, 4.69) is 4.98 Å². The minimum atomic E-state index is -0.758. The average molecular weight is 213 g/mol. The van der Waals surface area contributed by atoms with Crippen LogP contribution in [0, 0.1) is 0 Å². The standard InChI is InChI=1S/C9H11NO3S/c1-13-4-7-10-6(5-14-7)9(2-3-9)8(11)12/h5H,2-4H2,1H3,(H,11,12). The molecule has 1 aliphatic carbocycles. The topological polar surface area (TPSA) is 59.4 Å². The molecule has 0 spiro atoms. The normalized spacial score (nSPS) is 18.1. The summed E-state index contributed by atoms with van der Waals surface area (Å²) in [4.78, 5) is 15.3. The Kier molecular flexibility index (Phi) is 2.28. The molecule has 4 nitrogen and oxygen atoms in total. The summed E-state index contributed by atoms with van der Waals surface area (Å²) >= 11 is 1.46. The summed E-state index contributed by atoms with van der Waals surface area (Å²) in [6.45, 7) is 0.459. The Balaban J connectivity index is 2.21. The van der Waals surface area contributed by atoms with Gasteiger partial charge in [-0.3, -0.25) is 4.79 Å². The Hall–Kier alpha value is -0.940. The SMILES string of the molecule is COCc1nc(C2(C(=O)O)CC2)cs1. The van der Waals surface area contributed by atoms with Crippen molar-refractivity contribution >= 4 is 17.3 Å². The lowest BCUT2D eigenvalue weighted by molar-refractivity contribution is -0.140. The van der Waals surface area contributed by atoms with Crippen molar-refractivity contribution in [2.24, 2.45) is 0 Å². The average Bonchev–Trinajstić information content (AvgIpc) is 2.84. The number of ether oxygens (including phenoxy) is 1. The second-order valence-corrected chi connectivity index (χ2v) is 4.39. The zero-order valence-electron chi connectivity index (χ0n) is 7.82. The van der Waals surface area contributed by atoms with Gasteiger partial charge in [0.1, 0.15) is 10.4 Å². The van der Waals surface area contributed by atoms with E-state index in [1.54, 1.807) is 7.11 Å². The van der Waals surface area contributed by atoms with Gasteiger partial charge in [-0.1, -0.05) is 0 Å². The molecule has 0 amide bonds. The van der Waals surface area contributed by atoms with Crippen LogP contribution in [0.1, 0.15) is 23.5 Å². The van der Waals surface area contributed by atoms with Gasteiger partial charge in [0.05, 0.1) is 12.3 Å². The molecule has 1 fully saturated rings. The molecule has 1 aromatic heterocycles.